The maximum absolute atomic E-state index is 10.0. The fourth-order valence-electron chi connectivity index (χ4n) is 3.03. The number of hydrogen-bond acceptors (Lipinski definition) is 3. The van der Waals surface area contributed by atoms with Gasteiger partial charge in [-0.05, 0) is 30.5 Å². The van der Waals surface area contributed by atoms with Crippen LogP contribution in [-0.4, -0.2) is 22.8 Å². The van der Waals surface area contributed by atoms with E-state index in [1.165, 1.54) is 25.7 Å². The fourth-order valence-corrected chi connectivity index (χ4v) is 3.03. The summed E-state index contributed by atoms with van der Waals surface area (Å²) in [5, 5.41) is 11.1. The summed E-state index contributed by atoms with van der Waals surface area (Å²) >= 11 is 0. The molecule has 106 valence electrons. The van der Waals surface area contributed by atoms with E-state index in [-0.39, 0.29) is 6.10 Å². The maximum Gasteiger partial charge on any atom is 0.121 e. The minimum atomic E-state index is -0.363. The van der Waals surface area contributed by atoms with Crippen molar-refractivity contribution in [3.8, 4) is 5.75 Å². The van der Waals surface area contributed by atoms with Crippen LogP contribution in [0.1, 0.15) is 32.1 Å². The van der Waals surface area contributed by atoms with Crippen LogP contribution in [0.2, 0.25) is 0 Å². The van der Waals surface area contributed by atoms with Gasteiger partial charge in [-0.15, -0.1) is 0 Å². The van der Waals surface area contributed by atoms with Gasteiger partial charge < -0.3 is 9.84 Å². The van der Waals surface area contributed by atoms with Crippen LogP contribution < -0.4 is 4.74 Å². The van der Waals surface area contributed by atoms with Crippen molar-refractivity contribution in [1.29, 1.82) is 0 Å². The molecule has 0 bridgehead atoms. The smallest absolute Gasteiger partial charge is 0.121 e. The van der Waals surface area contributed by atoms with Crippen LogP contribution >= 0.6 is 0 Å². The van der Waals surface area contributed by atoms with E-state index in [1.807, 2.05) is 30.3 Å². The van der Waals surface area contributed by atoms with Crippen LogP contribution in [0.5, 0.6) is 5.75 Å². The predicted molar refractivity (Wildman–Crippen MR) is 79.8 cm³/mol. The van der Waals surface area contributed by atoms with Gasteiger partial charge in [-0.3, -0.25) is 4.98 Å². The summed E-state index contributed by atoms with van der Waals surface area (Å²) in [5.41, 5.74) is 0.926. The summed E-state index contributed by atoms with van der Waals surface area (Å²) in [6.45, 7) is 0.370. The van der Waals surface area contributed by atoms with Gasteiger partial charge in [0, 0.05) is 17.6 Å². The van der Waals surface area contributed by atoms with Crippen LogP contribution in [0.4, 0.5) is 0 Å². The van der Waals surface area contributed by atoms with Gasteiger partial charge in [-0.1, -0.05) is 31.7 Å². The standard InChI is InChI=1S/C17H21NO2/c19-15(10-13-4-1-2-5-13)12-20-16-8-7-14-6-3-9-18-17(14)11-16/h3,6-9,11,13,15,19H,1-2,4-5,10,12H2. The van der Waals surface area contributed by atoms with Gasteiger partial charge in [0.15, 0.2) is 0 Å². The molecule has 3 nitrogen and oxygen atoms in total. The molecule has 1 saturated carbocycles. The number of aliphatic hydroxyl groups excluding tert-OH is 1. The Morgan fingerprint density at radius 1 is 1.25 bits per heavy atom. The molecule has 1 aromatic heterocycles. The SMILES string of the molecule is OC(COc1ccc2cccnc2c1)CC1CCCC1. The lowest BCUT2D eigenvalue weighted by molar-refractivity contribution is 0.0856. The van der Waals surface area contributed by atoms with Crippen molar-refractivity contribution in [1.82, 2.24) is 4.98 Å². The highest BCUT2D eigenvalue weighted by Gasteiger charge is 2.19. The fraction of sp³-hybridized carbons (Fsp3) is 0.471. The van der Waals surface area contributed by atoms with Crippen molar-refractivity contribution in [3.05, 3.63) is 36.5 Å². The number of fused-ring (bicyclic) bond motifs is 1. The average Bonchev–Trinajstić information content (AvgIpc) is 2.98. The number of aromatic nitrogens is 1. The molecular weight excluding hydrogens is 250 g/mol. The zero-order chi connectivity index (χ0) is 13.8. The number of rotatable bonds is 5. The predicted octanol–water partition coefficient (Wildman–Crippen LogP) is 3.55. The van der Waals surface area contributed by atoms with Crippen LogP contribution in [0, 0.1) is 5.92 Å². The molecule has 1 aliphatic rings. The van der Waals surface area contributed by atoms with E-state index < -0.39 is 0 Å². The normalized spacial score (nSPS) is 17.4. The average molecular weight is 271 g/mol. The summed E-state index contributed by atoms with van der Waals surface area (Å²) in [7, 11) is 0. The Morgan fingerprint density at radius 3 is 2.95 bits per heavy atom. The first-order chi connectivity index (χ1) is 9.81. The second-order valence-electron chi connectivity index (χ2n) is 5.71. The summed E-state index contributed by atoms with van der Waals surface area (Å²) in [5.74, 6) is 1.47. The molecule has 0 spiro atoms. The number of aliphatic hydroxyl groups is 1. The molecule has 20 heavy (non-hydrogen) atoms. The quantitative estimate of drug-likeness (QED) is 0.904. The molecule has 1 aromatic carbocycles. The highest BCUT2D eigenvalue weighted by molar-refractivity contribution is 5.79. The number of hydrogen-bond donors (Lipinski definition) is 1. The molecule has 1 N–H and O–H groups in total. The van der Waals surface area contributed by atoms with E-state index in [1.54, 1.807) is 6.20 Å². The molecule has 1 atom stereocenters. The molecule has 1 unspecified atom stereocenters. The molecule has 0 amide bonds. The molecule has 2 aromatic rings. The van der Waals surface area contributed by atoms with Crippen LogP contribution in [-0.2, 0) is 0 Å². The van der Waals surface area contributed by atoms with Crippen molar-refractivity contribution < 1.29 is 9.84 Å². The first kappa shape index (κ1) is 13.4. The van der Waals surface area contributed by atoms with Gasteiger partial charge in [-0.25, -0.2) is 0 Å². The Kier molecular flexibility index (Phi) is 4.16. The topological polar surface area (TPSA) is 42.4 Å². The van der Waals surface area contributed by atoms with Gasteiger partial charge in [0.2, 0.25) is 0 Å². The largest absolute Gasteiger partial charge is 0.491 e. The highest BCUT2D eigenvalue weighted by atomic mass is 16.5. The summed E-state index contributed by atoms with van der Waals surface area (Å²) in [6, 6.07) is 9.82. The van der Waals surface area contributed by atoms with Crippen LogP contribution in [0.15, 0.2) is 36.5 Å². The number of pyridine rings is 1. The van der Waals surface area contributed by atoms with Crippen molar-refractivity contribution in [2.24, 2.45) is 5.92 Å². The van der Waals surface area contributed by atoms with Gasteiger partial charge >= 0.3 is 0 Å². The van der Waals surface area contributed by atoms with Crippen molar-refractivity contribution in [3.63, 3.8) is 0 Å². The summed E-state index contributed by atoms with van der Waals surface area (Å²) < 4.78 is 5.70. The Hall–Kier alpha value is -1.61. The van der Waals surface area contributed by atoms with Gasteiger partial charge in [0.1, 0.15) is 12.4 Å². The zero-order valence-electron chi connectivity index (χ0n) is 11.7. The molecule has 1 fully saturated rings. The lowest BCUT2D eigenvalue weighted by Crippen LogP contribution is -2.20. The minimum Gasteiger partial charge on any atom is -0.491 e. The van der Waals surface area contributed by atoms with Crippen molar-refractivity contribution >= 4 is 10.9 Å². The number of nitrogens with zero attached hydrogens (tertiary/aromatic N) is 1. The third-order valence-corrected chi connectivity index (χ3v) is 4.10. The van der Waals surface area contributed by atoms with E-state index in [0.29, 0.717) is 12.5 Å². The molecule has 1 heterocycles. The zero-order valence-corrected chi connectivity index (χ0v) is 11.7. The van der Waals surface area contributed by atoms with Gasteiger partial charge in [0.25, 0.3) is 0 Å². The van der Waals surface area contributed by atoms with Crippen molar-refractivity contribution in [2.75, 3.05) is 6.61 Å². The van der Waals surface area contributed by atoms with Crippen LogP contribution in [0.3, 0.4) is 0 Å². The van der Waals surface area contributed by atoms with E-state index in [2.05, 4.69) is 4.98 Å². The molecule has 3 rings (SSSR count). The van der Waals surface area contributed by atoms with Gasteiger partial charge in [0.05, 0.1) is 11.6 Å². The number of ether oxygens (including phenoxy) is 1. The molecule has 0 aliphatic heterocycles. The highest BCUT2D eigenvalue weighted by Crippen LogP contribution is 2.28. The van der Waals surface area contributed by atoms with E-state index in [9.17, 15) is 5.11 Å². The van der Waals surface area contributed by atoms with E-state index >= 15 is 0 Å². The third kappa shape index (κ3) is 3.28. The Labute approximate surface area is 119 Å². The Balaban J connectivity index is 1.56. The molecule has 0 radical (unpaired) electrons. The number of benzene rings is 1. The lowest BCUT2D eigenvalue weighted by atomic mass is 10.0. The molecule has 1 aliphatic carbocycles. The Morgan fingerprint density at radius 2 is 2.10 bits per heavy atom. The molecular formula is C17H21NO2. The first-order valence-electron chi connectivity index (χ1n) is 7.47. The first-order valence-corrected chi connectivity index (χ1v) is 7.47. The molecule has 3 heteroatoms. The van der Waals surface area contributed by atoms with E-state index in [0.717, 1.165) is 23.1 Å². The minimum absolute atomic E-state index is 0.363. The summed E-state index contributed by atoms with van der Waals surface area (Å²) in [6.07, 6.45) is 7.43. The lowest BCUT2D eigenvalue weighted by Gasteiger charge is -2.16. The Bertz CT molecular complexity index is 564. The summed E-state index contributed by atoms with van der Waals surface area (Å²) in [4.78, 5) is 4.31. The maximum atomic E-state index is 10.0. The third-order valence-electron chi connectivity index (χ3n) is 4.10. The second-order valence-corrected chi connectivity index (χ2v) is 5.71. The van der Waals surface area contributed by atoms with E-state index in [4.69, 9.17) is 4.74 Å². The monoisotopic (exact) mass is 271 g/mol. The van der Waals surface area contributed by atoms with Gasteiger partial charge in [-0.2, -0.15) is 0 Å². The molecule has 0 saturated heterocycles. The second kappa shape index (κ2) is 6.23. The van der Waals surface area contributed by atoms with Crippen molar-refractivity contribution in [2.45, 2.75) is 38.2 Å². The van der Waals surface area contributed by atoms with Crippen LogP contribution in [0.25, 0.3) is 10.9 Å².